The van der Waals surface area contributed by atoms with E-state index in [1.165, 1.54) is 16.7 Å². The monoisotopic (exact) mass is 489 g/mol. The van der Waals surface area contributed by atoms with E-state index in [-0.39, 0.29) is 11.4 Å². The van der Waals surface area contributed by atoms with Gasteiger partial charge in [-0.25, -0.2) is 23.4 Å². The normalized spacial score (nSPS) is 14.0. The van der Waals surface area contributed by atoms with Gasteiger partial charge in [-0.1, -0.05) is 18.2 Å². The Hall–Kier alpha value is -3.63. The molecular weight excluding hydrogens is 462 g/mol. The van der Waals surface area contributed by atoms with E-state index in [0.29, 0.717) is 18.9 Å². The van der Waals surface area contributed by atoms with Gasteiger partial charge in [0.1, 0.15) is 10.7 Å². The van der Waals surface area contributed by atoms with E-state index < -0.39 is 10.0 Å². The Morgan fingerprint density at radius 1 is 1.00 bits per heavy atom. The van der Waals surface area contributed by atoms with Crippen molar-refractivity contribution in [1.29, 1.82) is 0 Å². The zero-order valence-corrected chi connectivity index (χ0v) is 20.5. The van der Waals surface area contributed by atoms with Crippen molar-refractivity contribution in [3.63, 3.8) is 0 Å². The van der Waals surface area contributed by atoms with Crippen molar-refractivity contribution in [3.05, 3.63) is 72.3 Å². The predicted octanol–water partition coefficient (Wildman–Crippen LogP) is 3.76. The smallest absolute Gasteiger partial charge is 0.246 e. The van der Waals surface area contributed by atoms with Crippen LogP contribution in [0.2, 0.25) is 0 Å². The zero-order valence-electron chi connectivity index (χ0n) is 19.7. The molecule has 0 spiro atoms. The molecular formula is C25H27N7O2S. The Morgan fingerprint density at radius 3 is 2.54 bits per heavy atom. The molecule has 35 heavy (non-hydrogen) atoms. The van der Waals surface area contributed by atoms with Crippen molar-refractivity contribution < 1.29 is 8.42 Å². The molecule has 0 aliphatic carbocycles. The van der Waals surface area contributed by atoms with Gasteiger partial charge in [0.2, 0.25) is 16.0 Å². The van der Waals surface area contributed by atoms with Crippen LogP contribution in [0.4, 0.5) is 17.5 Å². The average molecular weight is 490 g/mol. The molecule has 3 aromatic heterocycles. The number of nitrogens with zero attached hydrogens (tertiary/aromatic N) is 6. The lowest BCUT2D eigenvalue weighted by atomic mass is 10.0. The summed E-state index contributed by atoms with van der Waals surface area (Å²) in [6.45, 7) is 6.15. The number of sulfonamides is 1. The Balaban J connectivity index is 1.36. The quantitative estimate of drug-likeness (QED) is 0.419. The van der Waals surface area contributed by atoms with E-state index in [2.05, 4.69) is 25.3 Å². The zero-order chi connectivity index (χ0) is 24.4. The summed E-state index contributed by atoms with van der Waals surface area (Å²) in [6, 6.07) is 11.8. The first kappa shape index (κ1) is 23.1. The molecule has 1 aliphatic heterocycles. The molecule has 4 aromatic rings. The van der Waals surface area contributed by atoms with Crippen molar-refractivity contribution in [2.24, 2.45) is 0 Å². The number of aromatic nitrogens is 4. The molecule has 0 radical (unpaired) electrons. The lowest BCUT2D eigenvalue weighted by Gasteiger charge is -2.29. The highest BCUT2D eigenvalue weighted by Crippen LogP contribution is 2.30. The Morgan fingerprint density at radius 2 is 1.77 bits per heavy atom. The van der Waals surface area contributed by atoms with E-state index in [9.17, 15) is 8.42 Å². The first-order valence-electron chi connectivity index (χ1n) is 11.6. The van der Waals surface area contributed by atoms with Crippen molar-refractivity contribution in [3.8, 4) is 0 Å². The molecule has 9 nitrogen and oxygen atoms in total. The molecule has 0 fully saturated rings. The number of nitrogens with one attached hydrogen (secondary N) is 1. The molecule has 180 valence electrons. The highest BCUT2D eigenvalue weighted by molar-refractivity contribution is 7.89. The number of fused-ring (bicyclic) bond motifs is 2. The van der Waals surface area contributed by atoms with Crippen LogP contribution < -0.4 is 10.2 Å². The maximum absolute atomic E-state index is 13.3. The summed E-state index contributed by atoms with van der Waals surface area (Å²) >= 11 is 0. The van der Waals surface area contributed by atoms with Gasteiger partial charge in [-0.2, -0.15) is 4.31 Å². The van der Waals surface area contributed by atoms with Crippen molar-refractivity contribution in [2.75, 3.05) is 29.9 Å². The first-order valence-corrected chi connectivity index (χ1v) is 13.1. The predicted molar refractivity (Wildman–Crippen MR) is 136 cm³/mol. The van der Waals surface area contributed by atoms with Crippen LogP contribution in [0.5, 0.6) is 0 Å². The van der Waals surface area contributed by atoms with Crippen LogP contribution in [-0.2, 0) is 23.0 Å². The van der Waals surface area contributed by atoms with Crippen LogP contribution >= 0.6 is 0 Å². The van der Waals surface area contributed by atoms with Gasteiger partial charge in [-0.05, 0) is 44.0 Å². The molecule has 0 bridgehead atoms. The van der Waals surface area contributed by atoms with Crippen molar-refractivity contribution in [1.82, 2.24) is 24.2 Å². The summed E-state index contributed by atoms with van der Waals surface area (Å²) in [4.78, 5) is 19.7. The standard InChI is InChI=1S/C25H27N7O2S/c1-3-31(4-2)25-28-15-21(16-29-25)35(33,34)32-12-10-22-19(17-32)9-11-26-24(22)30-20-13-18-7-5-6-8-23(18)27-14-20/h5-9,11,13-16H,3-4,10,12,17H2,1-2H3,(H,26,30). The molecule has 1 N–H and O–H groups in total. The molecule has 0 saturated heterocycles. The molecule has 0 amide bonds. The number of rotatable bonds is 7. The summed E-state index contributed by atoms with van der Waals surface area (Å²) < 4.78 is 28.1. The largest absolute Gasteiger partial charge is 0.341 e. The van der Waals surface area contributed by atoms with E-state index >= 15 is 0 Å². The number of benzene rings is 1. The number of hydrogen-bond donors (Lipinski definition) is 1. The minimum atomic E-state index is -3.72. The van der Waals surface area contributed by atoms with E-state index in [1.807, 2.05) is 55.1 Å². The SMILES string of the molecule is CCN(CC)c1ncc(S(=O)(=O)N2CCc3c(ccnc3Nc3cnc4ccccc4c3)C2)cn1. The second-order valence-corrected chi connectivity index (χ2v) is 10.3. The fraction of sp³-hybridized carbons (Fsp3) is 0.280. The number of hydrogen-bond acceptors (Lipinski definition) is 8. The lowest BCUT2D eigenvalue weighted by molar-refractivity contribution is 0.391. The summed E-state index contributed by atoms with van der Waals surface area (Å²) in [5, 5.41) is 4.41. The lowest BCUT2D eigenvalue weighted by Crippen LogP contribution is -2.36. The van der Waals surface area contributed by atoms with Crippen LogP contribution in [0.25, 0.3) is 10.9 Å². The van der Waals surface area contributed by atoms with Gasteiger partial charge >= 0.3 is 0 Å². The Kier molecular flexibility index (Phi) is 6.31. The summed E-state index contributed by atoms with van der Waals surface area (Å²) in [5.41, 5.74) is 3.70. The molecule has 10 heteroatoms. The highest BCUT2D eigenvalue weighted by atomic mass is 32.2. The van der Waals surface area contributed by atoms with E-state index in [1.54, 1.807) is 12.4 Å². The third kappa shape index (κ3) is 4.54. The second-order valence-electron chi connectivity index (χ2n) is 8.32. The van der Waals surface area contributed by atoms with E-state index in [0.717, 1.165) is 46.6 Å². The van der Waals surface area contributed by atoms with Gasteiger partial charge in [-0.15, -0.1) is 0 Å². The third-order valence-corrected chi connectivity index (χ3v) is 8.06. The van der Waals surface area contributed by atoms with E-state index in [4.69, 9.17) is 0 Å². The van der Waals surface area contributed by atoms with Crippen molar-refractivity contribution in [2.45, 2.75) is 31.7 Å². The number of pyridine rings is 2. The molecule has 5 rings (SSSR count). The number of para-hydroxylation sites is 1. The van der Waals surface area contributed by atoms with Crippen LogP contribution in [-0.4, -0.2) is 52.3 Å². The van der Waals surface area contributed by atoms with Gasteiger partial charge < -0.3 is 10.2 Å². The van der Waals surface area contributed by atoms with Crippen molar-refractivity contribution >= 4 is 38.4 Å². The maximum Gasteiger partial charge on any atom is 0.246 e. The average Bonchev–Trinajstić information content (AvgIpc) is 2.89. The minimum Gasteiger partial charge on any atom is -0.341 e. The molecule has 0 saturated carbocycles. The summed E-state index contributed by atoms with van der Waals surface area (Å²) in [5.74, 6) is 1.26. The second kappa shape index (κ2) is 9.55. The van der Waals surface area contributed by atoms with Crippen LogP contribution in [0.15, 0.2) is 66.1 Å². The molecule has 4 heterocycles. The van der Waals surface area contributed by atoms with Gasteiger partial charge in [-0.3, -0.25) is 4.98 Å². The van der Waals surface area contributed by atoms with Gasteiger partial charge in [0.05, 0.1) is 29.8 Å². The van der Waals surface area contributed by atoms with Crippen LogP contribution in [0.3, 0.4) is 0 Å². The summed E-state index contributed by atoms with van der Waals surface area (Å²) in [6.07, 6.45) is 6.83. The third-order valence-electron chi connectivity index (χ3n) is 6.26. The van der Waals surface area contributed by atoms with Crippen LogP contribution in [0.1, 0.15) is 25.0 Å². The Bertz CT molecular complexity index is 1450. The van der Waals surface area contributed by atoms with Gasteiger partial charge in [0.25, 0.3) is 0 Å². The first-order chi connectivity index (χ1) is 17.0. The molecule has 1 aliphatic rings. The van der Waals surface area contributed by atoms with Gasteiger partial charge in [0, 0.05) is 43.3 Å². The fourth-order valence-corrected chi connectivity index (χ4v) is 5.63. The topological polar surface area (TPSA) is 104 Å². The fourth-order valence-electron chi connectivity index (χ4n) is 4.32. The molecule has 0 unspecified atom stereocenters. The molecule has 1 aromatic carbocycles. The van der Waals surface area contributed by atoms with Crippen LogP contribution in [0, 0.1) is 0 Å². The maximum atomic E-state index is 13.3. The Labute approximate surface area is 204 Å². The minimum absolute atomic E-state index is 0.103. The highest BCUT2D eigenvalue weighted by Gasteiger charge is 2.30. The van der Waals surface area contributed by atoms with Gasteiger partial charge in [0.15, 0.2) is 0 Å². The molecule has 0 atom stereocenters. The summed E-state index contributed by atoms with van der Waals surface area (Å²) in [7, 11) is -3.72. The number of anilines is 3.